The molecule has 3 rings (SSSR count). The highest BCUT2D eigenvalue weighted by Crippen LogP contribution is 2.34. The van der Waals surface area contributed by atoms with Crippen molar-refractivity contribution in [2.24, 2.45) is 5.92 Å². The Bertz CT molecular complexity index is 1170. The van der Waals surface area contributed by atoms with E-state index in [1.807, 2.05) is 72.8 Å². The fourth-order valence-corrected chi connectivity index (χ4v) is 4.38. The molecule has 0 spiro atoms. The van der Waals surface area contributed by atoms with Gasteiger partial charge < -0.3 is 14.0 Å². The highest BCUT2D eigenvalue weighted by Gasteiger charge is 2.29. The van der Waals surface area contributed by atoms with E-state index in [9.17, 15) is 4.79 Å². The quantitative estimate of drug-likeness (QED) is 0.213. The van der Waals surface area contributed by atoms with E-state index in [0.717, 1.165) is 35.1 Å². The second kappa shape index (κ2) is 14.1. The highest BCUT2D eigenvalue weighted by atomic mass is 16.5. The summed E-state index contributed by atoms with van der Waals surface area (Å²) in [7, 11) is 1.42. The van der Waals surface area contributed by atoms with Gasteiger partial charge in [-0.05, 0) is 62.4 Å². The molecule has 4 nitrogen and oxygen atoms in total. The minimum atomic E-state index is -0.320. The highest BCUT2D eigenvalue weighted by molar-refractivity contribution is 5.96. The maximum absolute atomic E-state index is 12.5. The lowest BCUT2D eigenvalue weighted by molar-refractivity contribution is 0.0579. The Morgan fingerprint density at radius 3 is 2.39 bits per heavy atom. The van der Waals surface area contributed by atoms with E-state index in [1.165, 1.54) is 7.11 Å². The Balaban J connectivity index is 0.000000493. The molecule has 0 aliphatic rings. The van der Waals surface area contributed by atoms with E-state index in [1.54, 1.807) is 6.08 Å². The van der Waals surface area contributed by atoms with Crippen LogP contribution in [-0.4, -0.2) is 17.6 Å². The van der Waals surface area contributed by atoms with Crippen molar-refractivity contribution in [3.05, 3.63) is 103 Å². The van der Waals surface area contributed by atoms with E-state index in [4.69, 9.17) is 9.47 Å². The van der Waals surface area contributed by atoms with Crippen molar-refractivity contribution in [2.45, 2.75) is 59.6 Å². The molecular formula is C32H41NO3. The first kappa shape index (κ1) is 28.7. The molecule has 4 heteroatoms. The average molecular weight is 488 g/mol. The minimum absolute atomic E-state index is 0.216. The summed E-state index contributed by atoms with van der Waals surface area (Å²) in [5.41, 5.74) is 2.49. The number of nitrogens with zero attached hydrogens (tertiary/aromatic N) is 1. The van der Waals surface area contributed by atoms with Gasteiger partial charge in [-0.25, -0.2) is 4.79 Å². The van der Waals surface area contributed by atoms with Crippen LogP contribution in [0.1, 0.15) is 63.5 Å². The van der Waals surface area contributed by atoms with Crippen molar-refractivity contribution >= 4 is 16.9 Å². The third-order valence-electron chi connectivity index (χ3n) is 5.66. The summed E-state index contributed by atoms with van der Waals surface area (Å²) in [5.74, 6) is 0.970. The van der Waals surface area contributed by atoms with Crippen molar-refractivity contribution < 1.29 is 14.3 Å². The van der Waals surface area contributed by atoms with Crippen LogP contribution < -0.4 is 4.74 Å². The largest absolute Gasteiger partial charge is 0.489 e. The molecule has 0 fully saturated rings. The zero-order valence-corrected chi connectivity index (χ0v) is 22.7. The van der Waals surface area contributed by atoms with Gasteiger partial charge in [0.2, 0.25) is 0 Å². The topological polar surface area (TPSA) is 40.5 Å². The van der Waals surface area contributed by atoms with Gasteiger partial charge in [0.25, 0.3) is 0 Å². The standard InChI is InChI=1S/C24H29NO3.C8H12/c1-17(2)15-24(3,4)25-21-12-11-20(28-16-18-9-7-6-8-10-18)13-19(21)14-22(25)23(26)27-5;1-3-5-7-8-6-4-2/h6-14,17H,15-16H2,1-5H3;3,5-8H,1,4H2,2H3/b;7-5-,8-6-. The van der Waals surface area contributed by atoms with E-state index in [0.29, 0.717) is 18.2 Å². The smallest absolute Gasteiger partial charge is 0.354 e. The normalized spacial score (nSPS) is 11.6. The lowest BCUT2D eigenvalue weighted by Gasteiger charge is -2.31. The van der Waals surface area contributed by atoms with Gasteiger partial charge in [0.15, 0.2) is 0 Å². The Kier molecular flexibility index (Phi) is 11.3. The average Bonchev–Trinajstić information content (AvgIpc) is 3.25. The molecule has 1 aromatic heterocycles. The molecule has 2 aromatic carbocycles. The van der Waals surface area contributed by atoms with Crippen LogP contribution in [0.15, 0.2) is 91.6 Å². The van der Waals surface area contributed by atoms with Crippen LogP contribution in [0.25, 0.3) is 10.9 Å². The molecule has 0 unspecified atom stereocenters. The van der Waals surface area contributed by atoms with Gasteiger partial charge in [-0.1, -0.05) is 88.1 Å². The van der Waals surface area contributed by atoms with Gasteiger partial charge in [0.1, 0.15) is 18.1 Å². The van der Waals surface area contributed by atoms with Gasteiger partial charge in [-0.3, -0.25) is 0 Å². The summed E-state index contributed by atoms with van der Waals surface area (Å²) in [6, 6.07) is 18.0. The van der Waals surface area contributed by atoms with Crippen molar-refractivity contribution in [3.8, 4) is 5.75 Å². The van der Waals surface area contributed by atoms with Gasteiger partial charge in [-0.2, -0.15) is 0 Å². The fourth-order valence-electron chi connectivity index (χ4n) is 4.38. The van der Waals surface area contributed by atoms with Crippen LogP contribution in [-0.2, 0) is 16.9 Å². The monoisotopic (exact) mass is 487 g/mol. The number of esters is 1. The van der Waals surface area contributed by atoms with Crippen LogP contribution >= 0.6 is 0 Å². The SMILES string of the molecule is C=C/C=C\C=C/CC.COC(=O)c1cc2cc(OCc3ccccc3)ccc2n1C(C)(C)CC(C)C. The minimum Gasteiger partial charge on any atom is -0.489 e. The van der Waals surface area contributed by atoms with Crippen molar-refractivity contribution in [2.75, 3.05) is 7.11 Å². The second-order valence-corrected chi connectivity index (χ2v) is 9.72. The van der Waals surface area contributed by atoms with E-state index >= 15 is 0 Å². The number of hydrogen-bond donors (Lipinski definition) is 0. The first-order valence-corrected chi connectivity index (χ1v) is 12.6. The number of aromatic nitrogens is 1. The van der Waals surface area contributed by atoms with Crippen LogP contribution in [0.2, 0.25) is 0 Å². The molecular weight excluding hydrogens is 446 g/mol. The molecule has 0 saturated heterocycles. The molecule has 0 atom stereocenters. The summed E-state index contributed by atoms with van der Waals surface area (Å²) in [4.78, 5) is 12.5. The van der Waals surface area contributed by atoms with Crippen molar-refractivity contribution in [1.29, 1.82) is 0 Å². The number of carbonyl (C=O) groups is 1. The molecule has 36 heavy (non-hydrogen) atoms. The molecule has 0 amide bonds. The number of methoxy groups -OCH3 is 1. The molecule has 0 aliphatic carbocycles. The van der Waals surface area contributed by atoms with E-state index in [2.05, 4.69) is 51.8 Å². The number of ether oxygens (including phenoxy) is 2. The third-order valence-corrected chi connectivity index (χ3v) is 5.66. The van der Waals surface area contributed by atoms with Gasteiger partial charge in [0, 0.05) is 16.4 Å². The summed E-state index contributed by atoms with van der Waals surface area (Å²) in [6.07, 6.45) is 11.8. The number of allylic oxidation sites excluding steroid dienone is 5. The Morgan fingerprint density at radius 1 is 1.06 bits per heavy atom. The fraction of sp³-hybridized carbons (Fsp3) is 0.344. The predicted molar refractivity (Wildman–Crippen MR) is 152 cm³/mol. The van der Waals surface area contributed by atoms with E-state index in [-0.39, 0.29) is 11.5 Å². The molecule has 192 valence electrons. The maximum Gasteiger partial charge on any atom is 0.354 e. The molecule has 3 aromatic rings. The summed E-state index contributed by atoms with van der Waals surface area (Å²) in [6.45, 7) is 14.9. The maximum atomic E-state index is 12.5. The lowest BCUT2D eigenvalue weighted by atomic mass is 9.92. The van der Waals surface area contributed by atoms with Crippen molar-refractivity contribution in [1.82, 2.24) is 4.57 Å². The van der Waals surface area contributed by atoms with Crippen LogP contribution in [0.3, 0.4) is 0 Å². The number of carbonyl (C=O) groups excluding carboxylic acids is 1. The molecule has 0 bridgehead atoms. The molecule has 1 heterocycles. The molecule has 0 aliphatic heterocycles. The molecule has 0 radical (unpaired) electrons. The summed E-state index contributed by atoms with van der Waals surface area (Å²) >= 11 is 0. The van der Waals surface area contributed by atoms with Gasteiger partial charge in [-0.15, -0.1) is 0 Å². The lowest BCUT2D eigenvalue weighted by Crippen LogP contribution is -2.31. The Morgan fingerprint density at radius 2 is 1.78 bits per heavy atom. The first-order chi connectivity index (χ1) is 17.2. The number of rotatable bonds is 10. The molecule has 0 N–H and O–H groups in total. The number of fused-ring (bicyclic) bond motifs is 1. The van der Waals surface area contributed by atoms with Crippen LogP contribution in [0.4, 0.5) is 0 Å². The van der Waals surface area contributed by atoms with Gasteiger partial charge >= 0.3 is 5.97 Å². The zero-order valence-electron chi connectivity index (χ0n) is 22.7. The molecule has 0 saturated carbocycles. The zero-order chi connectivity index (χ0) is 26.6. The van der Waals surface area contributed by atoms with E-state index < -0.39 is 0 Å². The Labute approximate surface area is 216 Å². The summed E-state index contributed by atoms with van der Waals surface area (Å²) < 4.78 is 13.1. The summed E-state index contributed by atoms with van der Waals surface area (Å²) in [5, 5.41) is 0.975. The number of hydrogen-bond acceptors (Lipinski definition) is 3. The number of benzene rings is 2. The van der Waals surface area contributed by atoms with Crippen LogP contribution in [0, 0.1) is 5.92 Å². The first-order valence-electron chi connectivity index (χ1n) is 12.6. The third kappa shape index (κ3) is 8.30. The second-order valence-electron chi connectivity index (χ2n) is 9.72. The Hall–Kier alpha value is -3.53. The van der Waals surface area contributed by atoms with Crippen molar-refractivity contribution in [3.63, 3.8) is 0 Å². The van der Waals surface area contributed by atoms with Crippen LogP contribution in [0.5, 0.6) is 5.75 Å². The predicted octanol–water partition coefficient (Wildman–Crippen LogP) is 8.48. The van der Waals surface area contributed by atoms with Gasteiger partial charge in [0.05, 0.1) is 7.11 Å².